The zero-order valence-electron chi connectivity index (χ0n) is 18.8. The molecule has 2 N–H and O–H groups in total. The highest BCUT2D eigenvalue weighted by Gasteiger charge is 2.18. The van der Waals surface area contributed by atoms with Crippen LogP contribution in [0.4, 0.5) is 0 Å². The molecule has 0 aliphatic carbocycles. The summed E-state index contributed by atoms with van der Waals surface area (Å²) in [7, 11) is 0. The molecule has 7 nitrogen and oxygen atoms in total. The van der Waals surface area contributed by atoms with Gasteiger partial charge in [-0.05, 0) is 62.6 Å². The van der Waals surface area contributed by atoms with Crippen molar-refractivity contribution >= 4 is 27.8 Å². The van der Waals surface area contributed by atoms with Gasteiger partial charge in [-0.2, -0.15) is 5.10 Å². The lowest BCUT2D eigenvalue weighted by molar-refractivity contribution is 0.568. The molecule has 164 valence electrons. The van der Waals surface area contributed by atoms with Crippen molar-refractivity contribution in [2.45, 2.75) is 27.2 Å². The van der Waals surface area contributed by atoms with Crippen LogP contribution in [0.3, 0.4) is 0 Å². The van der Waals surface area contributed by atoms with E-state index in [-0.39, 0.29) is 0 Å². The summed E-state index contributed by atoms with van der Waals surface area (Å²) in [6, 6.07) is 7.87. The van der Waals surface area contributed by atoms with Crippen molar-refractivity contribution in [3.05, 3.63) is 78.6 Å². The van der Waals surface area contributed by atoms with Gasteiger partial charge in [0.2, 0.25) is 0 Å². The molecule has 5 aromatic heterocycles. The van der Waals surface area contributed by atoms with Crippen molar-refractivity contribution in [3.63, 3.8) is 0 Å². The highest BCUT2D eigenvalue weighted by Crippen LogP contribution is 2.31. The molecule has 0 atom stereocenters. The number of nitrogens with one attached hydrogen (secondary N) is 2. The number of H-pyrrole nitrogens is 2. The van der Waals surface area contributed by atoms with E-state index in [1.54, 1.807) is 18.7 Å². The summed E-state index contributed by atoms with van der Waals surface area (Å²) in [6.45, 7) is 10.2. The fourth-order valence-electron chi connectivity index (χ4n) is 3.79. The lowest BCUT2D eigenvalue weighted by Gasteiger charge is -2.08. The van der Waals surface area contributed by atoms with Gasteiger partial charge in [-0.3, -0.25) is 5.10 Å². The topological polar surface area (TPSA) is 96.3 Å². The Kier molecular flexibility index (Phi) is 5.22. The van der Waals surface area contributed by atoms with E-state index in [1.165, 1.54) is 0 Å². The Morgan fingerprint density at radius 3 is 2.79 bits per heavy atom. The zero-order valence-corrected chi connectivity index (χ0v) is 18.8. The third-order valence-electron chi connectivity index (χ3n) is 5.64. The second-order valence-corrected chi connectivity index (χ2v) is 8.07. The SMILES string of the molecule is C=C(C)C/C=C(\C(C)=C/C)c1ccc2[nH]nc(-c3nc4nccc(-c5ccoc5)c4[nH]3)c2n1. The van der Waals surface area contributed by atoms with E-state index in [1.807, 2.05) is 38.1 Å². The first-order valence-electron chi connectivity index (χ1n) is 10.8. The molecule has 0 bridgehead atoms. The van der Waals surface area contributed by atoms with E-state index in [9.17, 15) is 0 Å². The number of fused-ring (bicyclic) bond motifs is 2. The lowest BCUT2D eigenvalue weighted by Crippen LogP contribution is -1.93. The number of imidazole rings is 1. The highest BCUT2D eigenvalue weighted by atomic mass is 16.3. The van der Waals surface area contributed by atoms with Gasteiger partial charge >= 0.3 is 0 Å². The fourth-order valence-corrected chi connectivity index (χ4v) is 3.79. The summed E-state index contributed by atoms with van der Waals surface area (Å²) in [6.07, 6.45) is 10.2. The van der Waals surface area contributed by atoms with Crippen molar-refractivity contribution < 1.29 is 4.42 Å². The van der Waals surface area contributed by atoms with Gasteiger partial charge in [0.1, 0.15) is 5.52 Å². The minimum atomic E-state index is 0.611. The first kappa shape index (κ1) is 20.6. The molecule has 5 rings (SSSR count). The molecular formula is C26H24N6O. The quantitative estimate of drug-likeness (QED) is 0.235. The third kappa shape index (κ3) is 3.78. The predicted molar refractivity (Wildman–Crippen MR) is 131 cm³/mol. The fraction of sp³-hybridized carbons (Fsp3) is 0.154. The predicted octanol–water partition coefficient (Wildman–Crippen LogP) is 6.47. The van der Waals surface area contributed by atoms with Crippen LogP contribution >= 0.6 is 0 Å². The molecule has 33 heavy (non-hydrogen) atoms. The van der Waals surface area contributed by atoms with Crippen LogP contribution in [0.2, 0.25) is 0 Å². The normalized spacial score (nSPS) is 12.7. The smallest absolute Gasteiger partial charge is 0.178 e. The maximum absolute atomic E-state index is 5.26. The van der Waals surface area contributed by atoms with Crippen LogP contribution in [0.5, 0.6) is 0 Å². The maximum atomic E-state index is 5.26. The summed E-state index contributed by atoms with van der Waals surface area (Å²) in [5.41, 5.74) is 9.84. The Morgan fingerprint density at radius 2 is 2.03 bits per heavy atom. The summed E-state index contributed by atoms with van der Waals surface area (Å²) < 4.78 is 5.26. The zero-order chi connectivity index (χ0) is 22.9. The molecule has 0 aliphatic rings. The van der Waals surface area contributed by atoms with E-state index in [0.29, 0.717) is 17.2 Å². The maximum Gasteiger partial charge on any atom is 0.178 e. The second kappa shape index (κ2) is 8.35. The van der Waals surface area contributed by atoms with Gasteiger partial charge in [-0.25, -0.2) is 15.0 Å². The van der Waals surface area contributed by atoms with Crippen molar-refractivity contribution in [2.75, 3.05) is 0 Å². The number of aromatic nitrogens is 6. The molecule has 5 aromatic rings. The van der Waals surface area contributed by atoms with Gasteiger partial charge in [0.25, 0.3) is 0 Å². The Bertz CT molecular complexity index is 1530. The van der Waals surface area contributed by atoms with Gasteiger partial charge in [-0.15, -0.1) is 0 Å². The van der Waals surface area contributed by atoms with Gasteiger partial charge in [0, 0.05) is 17.3 Å². The minimum absolute atomic E-state index is 0.611. The molecule has 0 spiro atoms. The van der Waals surface area contributed by atoms with Crippen LogP contribution < -0.4 is 0 Å². The van der Waals surface area contributed by atoms with Crippen molar-refractivity contribution in [2.24, 2.45) is 0 Å². The number of pyridine rings is 2. The first-order valence-corrected chi connectivity index (χ1v) is 10.8. The average Bonchev–Trinajstić information content (AvgIpc) is 3.57. The van der Waals surface area contributed by atoms with Crippen LogP contribution in [0, 0.1) is 0 Å². The molecule has 0 saturated heterocycles. The van der Waals surface area contributed by atoms with Gasteiger partial charge in [0.15, 0.2) is 17.2 Å². The van der Waals surface area contributed by atoms with E-state index >= 15 is 0 Å². The molecular weight excluding hydrogens is 412 g/mol. The molecule has 5 heterocycles. The van der Waals surface area contributed by atoms with Crippen LogP contribution in [0.15, 0.2) is 77.3 Å². The summed E-state index contributed by atoms with van der Waals surface area (Å²) >= 11 is 0. The number of furan rings is 1. The Hall–Kier alpha value is -4.26. The number of aromatic amines is 2. The molecule has 0 aromatic carbocycles. The van der Waals surface area contributed by atoms with E-state index in [4.69, 9.17) is 14.4 Å². The van der Waals surface area contributed by atoms with E-state index in [2.05, 4.69) is 45.8 Å². The summed E-state index contributed by atoms with van der Waals surface area (Å²) in [4.78, 5) is 17.5. The summed E-state index contributed by atoms with van der Waals surface area (Å²) in [5.74, 6) is 0.611. The third-order valence-corrected chi connectivity index (χ3v) is 5.64. The lowest BCUT2D eigenvalue weighted by atomic mass is 10.0. The van der Waals surface area contributed by atoms with Crippen molar-refractivity contribution in [1.82, 2.24) is 30.1 Å². The van der Waals surface area contributed by atoms with Crippen LogP contribution in [-0.2, 0) is 0 Å². The largest absolute Gasteiger partial charge is 0.472 e. The van der Waals surface area contributed by atoms with Crippen LogP contribution in [-0.4, -0.2) is 30.1 Å². The van der Waals surface area contributed by atoms with Crippen molar-refractivity contribution in [1.29, 1.82) is 0 Å². The monoisotopic (exact) mass is 436 g/mol. The molecule has 0 saturated carbocycles. The number of allylic oxidation sites excluding steroid dienone is 5. The van der Waals surface area contributed by atoms with Crippen LogP contribution in [0.25, 0.3) is 50.4 Å². The highest BCUT2D eigenvalue weighted by molar-refractivity contribution is 5.95. The summed E-state index contributed by atoms with van der Waals surface area (Å²) in [5, 5.41) is 7.59. The molecule has 0 unspecified atom stereocenters. The van der Waals surface area contributed by atoms with Gasteiger partial charge < -0.3 is 9.40 Å². The molecule has 0 aliphatic heterocycles. The number of nitrogens with zero attached hydrogens (tertiary/aromatic N) is 4. The van der Waals surface area contributed by atoms with Crippen LogP contribution in [0.1, 0.15) is 32.9 Å². The standard InChI is InChI=1S/C26H24N6O/c1-5-16(4)18(7-6-15(2)3)20-8-9-21-23(28-20)24(32-31-21)26-29-22-19(17-11-13-33-14-17)10-12-27-25(22)30-26/h5,7-14H,2,6H2,1,3-4H3,(H,31,32)(H,27,29,30)/b16-5-,18-7+. The molecule has 0 amide bonds. The van der Waals surface area contributed by atoms with E-state index < -0.39 is 0 Å². The van der Waals surface area contributed by atoms with Gasteiger partial charge in [0.05, 0.1) is 29.3 Å². The number of hydrogen-bond acceptors (Lipinski definition) is 5. The molecule has 0 radical (unpaired) electrons. The van der Waals surface area contributed by atoms with Gasteiger partial charge in [-0.1, -0.05) is 24.3 Å². The van der Waals surface area contributed by atoms with Crippen molar-refractivity contribution in [3.8, 4) is 22.6 Å². The Labute approximate surface area is 191 Å². The Balaban J connectivity index is 1.64. The minimum Gasteiger partial charge on any atom is -0.472 e. The second-order valence-electron chi connectivity index (χ2n) is 8.07. The molecule has 7 heteroatoms. The Morgan fingerprint density at radius 1 is 1.15 bits per heavy atom. The average molecular weight is 437 g/mol. The van der Waals surface area contributed by atoms with E-state index in [0.717, 1.165) is 56.5 Å². The first-order chi connectivity index (χ1) is 16.0. The number of rotatable bonds is 6. The number of hydrogen-bond donors (Lipinski definition) is 2. The molecule has 0 fully saturated rings.